The fourth-order valence-corrected chi connectivity index (χ4v) is 2.50. The SMILES string of the molecule is CN(CCC(C)(C)N)Cc1csc(Br)c1. The molecule has 1 rings (SSSR count). The molecule has 0 atom stereocenters. The smallest absolute Gasteiger partial charge is 0.0701 e. The van der Waals surface area contributed by atoms with Crippen LogP contribution in [0.15, 0.2) is 15.2 Å². The number of hydrogen-bond donors (Lipinski definition) is 1. The summed E-state index contributed by atoms with van der Waals surface area (Å²) in [6.07, 6.45) is 1.02. The Morgan fingerprint density at radius 1 is 1.53 bits per heavy atom. The second-order valence-corrected chi connectivity index (χ2v) is 7.03. The maximum Gasteiger partial charge on any atom is 0.0701 e. The van der Waals surface area contributed by atoms with Crippen molar-refractivity contribution in [3.8, 4) is 0 Å². The molecule has 0 aromatic carbocycles. The standard InChI is InChI=1S/C11H19BrN2S/c1-11(2,13)4-5-14(3)7-9-6-10(12)15-8-9/h6,8H,4-5,7,13H2,1-3H3. The Bertz CT molecular complexity index is 304. The van der Waals surface area contributed by atoms with E-state index in [0.717, 1.165) is 19.5 Å². The number of rotatable bonds is 5. The van der Waals surface area contributed by atoms with Crippen molar-refractivity contribution in [3.05, 3.63) is 20.8 Å². The molecule has 15 heavy (non-hydrogen) atoms. The third kappa shape index (κ3) is 5.66. The molecule has 0 saturated carbocycles. The van der Waals surface area contributed by atoms with Gasteiger partial charge in [-0.25, -0.2) is 0 Å². The third-order valence-electron chi connectivity index (χ3n) is 2.21. The molecule has 2 N–H and O–H groups in total. The Balaban J connectivity index is 2.33. The Kier molecular flexibility index (Phi) is 4.77. The largest absolute Gasteiger partial charge is 0.326 e. The van der Waals surface area contributed by atoms with E-state index in [0.29, 0.717) is 0 Å². The summed E-state index contributed by atoms with van der Waals surface area (Å²) in [5.74, 6) is 0. The summed E-state index contributed by atoms with van der Waals surface area (Å²) in [5, 5.41) is 2.19. The molecule has 0 fully saturated rings. The Labute approximate surface area is 105 Å². The molecule has 0 aliphatic carbocycles. The first kappa shape index (κ1) is 13.2. The van der Waals surface area contributed by atoms with E-state index >= 15 is 0 Å². The zero-order chi connectivity index (χ0) is 11.5. The van der Waals surface area contributed by atoms with Crippen LogP contribution in [0.2, 0.25) is 0 Å². The molecule has 0 aliphatic heterocycles. The molecular weight excluding hydrogens is 272 g/mol. The van der Waals surface area contributed by atoms with Crippen LogP contribution in [0.1, 0.15) is 25.8 Å². The molecule has 4 heteroatoms. The van der Waals surface area contributed by atoms with Gasteiger partial charge in [0.2, 0.25) is 0 Å². The van der Waals surface area contributed by atoms with Crippen LogP contribution in [0.5, 0.6) is 0 Å². The van der Waals surface area contributed by atoms with Crippen LogP contribution < -0.4 is 5.73 Å². The van der Waals surface area contributed by atoms with E-state index in [1.807, 2.05) is 0 Å². The lowest BCUT2D eigenvalue weighted by atomic mass is 10.0. The van der Waals surface area contributed by atoms with Crippen LogP contribution in [-0.4, -0.2) is 24.0 Å². The summed E-state index contributed by atoms with van der Waals surface area (Å²) < 4.78 is 1.20. The Morgan fingerprint density at radius 2 is 2.20 bits per heavy atom. The zero-order valence-corrected chi connectivity index (χ0v) is 12.0. The van der Waals surface area contributed by atoms with Crippen LogP contribution in [0, 0.1) is 0 Å². The van der Waals surface area contributed by atoms with Gasteiger partial charge >= 0.3 is 0 Å². The first-order chi connectivity index (χ1) is 6.87. The third-order valence-corrected chi connectivity index (χ3v) is 3.77. The summed E-state index contributed by atoms with van der Waals surface area (Å²) in [4.78, 5) is 2.31. The summed E-state index contributed by atoms with van der Waals surface area (Å²) in [6, 6.07) is 2.18. The van der Waals surface area contributed by atoms with Gasteiger partial charge in [0.05, 0.1) is 3.79 Å². The van der Waals surface area contributed by atoms with Crippen LogP contribution in [0.4, 0.5) is 0 Å². The molecular formula is C11H19BrN2S. The predicted octanol–water partition coefficient (Wildman–Crippen LogP) is 3.07. The lowest BCUT2D eigenvalue weighted by molar-refractivity contribution is 0.289. The van der Waals surface area contributed by atoms with Gasteiger partial charge in [-0.2, -0.15) is 0 Å². The lowest BCUT2D eigenvalue weighted by Crippen LogP contribution is -2.36. The highest BCUT2D eigenvalue weighted by Crippen LogP contribution is 2.21. The minimum Gasteiger partial charge on any atom is -0.326 e. The Morgan fingerprint density at radius 3 is 2.67 bits per heavy atom. The van der Waals surface area contributed by atoms with Gasteiger partial charge in [0.1, 0.15) is 0 Å². The number of thiophene rings is 1. The van der Waals surface area contributed by atoms with Crippen molar-refractivity contribution >= 4 is 27.3 Å². The second-order valence-electron chi connectivity index (χ2n) is 4.74. The van der Waals surface area contributed by atoms with E-state index in [4.69, 9.17) is 5.73 Å². The number of halogens is 1. The van der Waals surface area contributed by atoms with Gasteiger partial charge in [-0.05, 0) is 66.8 Å². The predicted molar refractivity (Wildman–Crippen MR) is 71.2 cm³/mol. The molecule has 0 radical (unpaired) electrons. The average molecular weight is 291 g/mol. The van der Waals surface area contributed by atoms with E-state index in [-0.39, 0.29) is 5.54 Å². The molecule has 2 nitrogen and oxygen atoms in total. The van der Waals surface area contributed by atoms with E-state index in [2.05, 4.69) is 53.2 Å². The topological polar surface area (TPSA) is 29.3 Å². The average Bonchev–Trinajstić information content (AvgIpc) is 2.47. The molecule has 1 aromatic rings. The van der Waals surface area contributed by atoms with E-state index in [1.165, 1.54) is 9.35 Å². The summed E-state index contributed by atoms with van der Waals surface area (Å²) in [7, 11) is 2.14. The minimum atomic E-state index is -0.0660. The van der Waals surface area contributed by atoms with Gasteiger partial charge in [0.25, 0.3) is 0 Å². The highest BCUT2D eigenvalue weighted by Gasteiger charge is 2.11. The van der Waals surface area contributed by atoms with E-state index in [1.54, 1.807) is 11.3 Å². The lowest BCUT2D eigenvalue weighted by Gasteiger charge is -2.23. The number of nitrogens with zero attached hydrogens (tertiary/aromatic N) is 1. The van der Waals surface area contributed by atoms with Gasteiger partial charge in [-0.3, -0.25) is 0 Å². The van der Waals surface area contributed by atoms with Crippen LogP contribution in [-0.2, 0) is 6.54 Å². The molecule has 86 valence electrons. The van der Waals surface area contributed by atoms with Crippen molar-refractivity contribution in [2.24, 2.45) is 5.73 Å². The monoisotopic (exact) mass is 290 g/mol. The van der Waals surface area contributed by atoms with Crippen molar-refractivity contribution < 1.29 is 0 Å². The molecule has 0 spiro atoms. The highest BCUT2D eigenvalue weighted by atomic mass is 79.9. The minimum absolute atomic E-state index is 0.0660. The molecule has 0 amide bonds. The Hall–Kier alpha value is 0.100. The summed E-state index contributed by atoms with van der Waals surface area (Å²) in [5.41, 5.74) is 7.25. The van der Waals surface area contributed by atoms with Gasteiger partial charge in [0, 0.05) is 12.1 Å². The van der Waals surface area contributed by atoms with Gasteiger partial charge < -0.3 is 10.6 Å². The fraction of sp³-hybridized carbons (Fsp3) is 0.636. The summed E-state index contributed by atoms with van der Waals surface area (Å²) >= 11 is 5.21. The van der Waals surface area contributed by atoms with Gasteiger partial charge in [0.15, 0.2) is 0 Å². The first-order valence-corrected chi connectivity index (χ1v) is 6.74. The molecule has 0 unspecified atom stereocenters. The maximum absolute atomic E-state index is 5.95. The molecule has 0 saturated heterocycles. The van der Waals surface area contributed by atoms with Crippen molar-refractivity contribution in [2.75, 3.05) is 13.6 Å². The van der Waals surface area contributed by atoms with Gasteiger partial charge in [-0.1, -0.05) is 0 Å². The summed E-state index contributed by atoms with van der Waals surface area (Å²) in [6.45, 7) is 6.18. The molecule has 0 aliphatic rings. The second kappa shape index (κ2) is 5.43. The van der Waals surface area contributed by atoms with Crippen molar-refractivity contribution in [1.82, 2.24) is 4.90 Å². The zero-order valence-electron chi connectivity index (χ0n) is 9.59. The van der Waals surface area contributed by atoms with Crippen LogP contribution in [0.3, 0.4) is 0 Å². The highest BCUT2D eigenvalue weighted by molar-refractivity contribution is 9.11. The van der Waals surface area contributed by atoms with Crippen LogP contribution in [0.25, 0.3) is 0 Å². The van der Waals surface area contributed by atoms with Crippen molar-refractivity contribution in [3.63, 3.8) is 0 Å². The molecule has 1 heterocycles. The van der Waals surface area contributed by atoms with Gasteiger partial charge in [-0.15, -0.1) is 11.3 Å². The van der Waals surface area contributed by atoms with E-state index in [9.17, 15) is 0 Å². The molecule has 1 aromatic heterocycles. The first-order valence-electron chi connectivity index (χ1n) is 5.07. The number of hydrogen-bond acceptors (Lipinski definition) is 3. The van der Waals surface area contributed by atoms with Crippen molar-refractivity contribution in [2.45, 2.75) is 32.4 Å². The van der Waals surface area contributed by atoms with Crippen LogP contribution >= 0.6 is 27.3 Å². The fourth-order valence-electron chi connectivity index (χ4n) is 1.30. The quantitative estimate of drug-likeness (QED) is 0.903. The molecule has 0 bridgehead atoms. The van der Waals surface area contributed by atoms with E-state index < -0.39 is 0 Å². The maximum atomic E-state index is 5.95. The van der Waals surface area contributed by atoms with Crippen molar-refractivity contribution in [1.29, 1.82) is 0 Å². The normalized spacial score (nSPS) is 12.4. The number of nitrogens with two attached hydrogens (primary N) is 1.